The van der Waals surface area contributed by atoms with Crippen molar-refractivity contribution in [3.8, 4) is 11.5 Å². The fourth-order valence-electron chi connectivity index (χ4n) is 3.36. The van der Waals surface area contributed by atoms with Gasteiger partial charge in [-0.2, -0.15) is 0 Å². The van der Waals surface area contributed by atoms with Crippen LogP contribution in [-0.4, -0.2) is 33.0 Å². The van der Waals surface area contributed by atoms with Crippen molar-refractivity contribution in [3.63, 3.8) is 0 Å². The number of carbonyl (C=O) groups is 1. The van der Waals surface area contributed by atoms with Crippen molar-refractivity contribution >= 4 is 29.3 Å². The van der Waals surface area contributed by atoms with Gasteiger partial charge in [-0.25, -0.2) is 0 Å². The summed E-state index contributed by atoms with van der Waals surface area (Å²) in [7, 11) is 0. The molecule has 0 fully saturated rings. The molecule has 3 aromatic rings. The van der Waals surface area contributed by atoms with E-state index in [9.17, 15) is 4.79 Å². The summed E-state index contributed by atoms with van der Waals surface area (Å²) in [5.74, 6) is 2.10. The van der Waals surface area contributed by atoms with Gasteiger partial charge in [0.1, 0.15) is 6.61 Å². The Hall–Kier alpha value is -2.97. The average molecular weight is 471 g/mol. The van der Waals surface area contributed by atoms with Crippen LogP contribution in [0.4, 0.5) is 0 Å². The van der Waals surface area contributed by atoms with Crippen LogP contribution in [-0.2, 0) is 11.3 Å². The fraction of sp³-hybridized carbons (Fsp3) is 0.261. The van der Waals surface area contributed by atoms with Gasteiger partial charge in [0.05, 0.1) is 11.8 Å². The lowest BCUT2D eigenvalue weighted by Crippen LogP contribution is -2.28. The van der Waals surface area contributed by atoms with E-state index in [0.29, 0.717) is 40.7 Å². The van der Waals surface area contributed by atoms with Crippen molar-refractivity contribution < 1.29 is 14.3 Å². The molecule has 166 valence electrons. The van der Waals surface area contributed by atoms with E-state index in [1.165, 1.54) is 11.8 Å². The number of thioether (sulfide) groups is 1. The van der Waals surface area contributed by atoms with Crippen LogP contribution in [0.5, 0.6) is 11.5 Å². The number of nitrogens with one attached hydrogen (secondary N) is 1. The van der Waals surface area contributed by atoms with Crippen molar-refractivity contribution in [2.45, 2.75) is 30.8 Å². The quantitative estimate of drug-likeness (QED) is 0.383. The summed E-state index contributed by atoms with van der Waals surface area (Å²) in [4.78, 5) is 12.5. The van der Waals surface area contributed by atoms with E-state index < -0.39 is 6.10 Å². The van der Waals surface area contributed by atoms with Gasteiger partial charge < -0.3 is 14.8 Å². The Morgan fingerprint density at radius 3 is 2.91 bits per heavy atom. The van der Waals surface area contributed by atoms with Gasteiger partial charge in [-0.05, 0) is 36.8 Å². The third-order valence-electron chi connectivity index (χ3n) is 4.91. The number of allylic oxidation sites excluding steroid dienone is 1. The number of hydrogen-bond acceptors (Lipinski definition) is 6. The molecule has 7 nitrogen and oxygen atoms in total. The number of benzene rings is 2. The molecule has 0 aliphatic carbocycles. The predicted octanol–water partition coefficient (Wildman–Crippen LogP) is 4.60. The zero-order valence-corrected chi connectivity index (χ0v) is 19.1. The Morgan fingerprint density at radius 2 is 2.12 bits per heavy atom. The largest absolute Gasteiger partial charge is 0.485 e. The highest BCUT2D eigenvalue weighted by Gasteiger charge is 2.28. The van der Waals surface area contributed by atoms with Gasteiger partial charge in [0, 0.05) is 11.6 Å². The van der Waals surface area contributed by atoms with Gasteiger partial charge in [0.15, 0.2) is 28.6 Å². The lowest BCUT2D eigenvalue weighted by molar-refractivity contribution is -0.119. The minimum atomic E-state index is -0.400. The second kappa shape index (κ2) is 10.1. The Labute approximate surface area is 195 Å². The van der Waals surface area contributed by atoms with Crippen LogP contribution in [0.15, 0.2) is 66.3 Å². The average Bonchev–Trinajstić information content (AvgIpc) is 3.20. The molecule has 2 heterocycles. The van der Waals surface area contributed by atoms with Crippen molar-refractivity contribution in [2.24, 2.45) is 0 Å². The van der Waals surface area contributed by atoms with Crippen LogP contribution in [0.1, 0.15) is 30.5 Å². The summed E-state index contributed by atoms with van der Waals surface area (Å²) < 4.78 is 13.8. The molecular formula is C23H23ClN4O3S. The molecule has 4 rings (SSSR count). The second-order valence-corrected chi connectivity index (χ2v) is 8.62. The van der Waals surface area contributed by atoms with E-state index >= 15 is 0 Å². The molecule has 0 radical (unpaired) electrons. The van der Waals surface area contributed by atoms with Crippen LogP contribution < -0.4 is 14.8 Å². The summed E-state index contributed by atoms with van der Waals surface area (Å²) >= 11 is 7.36. The normalized spacial score (nSPS) is 15.8. The highest BCUT2D eigenvalue weighted by atomic mass is 35.5. The van der Waals surface area contributed by atoms with Gasteiger partial charge in [0.2, 0.25) is 5.91 Å². The predicted molar refractivity (Wildman–Crippen MR) is 124 cm³/mol. The van der Waals surface area contributed by atoms with E-state index in [4.69, 9.17) is 21.1 Å². The topological polar surface area (TPSA) is 78.3 Å². The van der Waals surface area contributed by atoms with Crippen LogP contribution in [0.2, 0.25) is 5.02 Å². The van der Waals surface area contributed by atoms with E-state index in [0.717, 1.165) is 5.56 Å². The molecule has 2 atom stereocenters. The number of para-hydroxylation sites is 2. The molecular weight excluding hydrogens is 448 g/mol. The van der Waals surface area contributed by atoms with E-state index in [-0.39, 0.29) is 17.7 Å². The Balaban J connectivity index is 1.41. The molecule has 1 aliphatic rings. The van der Waals surface area contributed by atoms with Crippen molar-refractivity contribution in [1.82, 2.24) is 20.1 Å². The van der Waals surface area contributed by atoms with E-state index in [1.807, 2.05) is 54.0 Å². The molecule has 2 aromatic carbocycles. The molecule has 1 N–H and O–H groups in total. The summed E-state index contributed by atoms with van der Waals surface area (Å²) in [6.45, 7) is 6.57. The first-order chi connectivity index (χ1) is 15.5. The van der Waals surface area contributed by atoms with Gasteiger partial charge in [-0.1, -0.05) is 53.7 Å². The SMILES string of the molecule is C=CCn1c(SCC(=O)N[C@@H](C)c2cccc(Cl)c2)nnc1[C@H]1COc2ccccc2O1. The Morgan fingerprint density at radius 1 is 1.31 bits per heavy atom. The van der Waals surface area contributed by atoms with Gasteiger partial charge >= 0.3 is 0 Å². The lowest BCUT2D eigenvalue weighted by atomic mass is 10.1. The molecule has 1 aliphatic heterocycles. The van der Waals surface area contributed by atoms with Crippen LogP contribution in [0.3, 0.4) is 0 Å². The number of aromatic nitrogens is 3. The summed E-state index contributed by atoms with van der Waals surface area (Å²) in [5, 5.41) is 12.8. The first-order valence-electron chi connectivity index (χ1n) is 10.1. The monoisotopic (exact) mass is 470 g/mol. The summed E-state index contributed by atoms with van der Waals surface area (Å²) in [6.07, 6.45) is 1.36. The number of rotatable bonds is 8. The zero-order valence-electron chi connectivity index (χ0n) is 17.5. The van der Waals surface area contributed by atoms with Crippen molar-refractivity contribution in [1.29, 1.82) is 0 Å². The Bertz CT molecular complexity index is 1120. The van der Waals surface area contributed by atoms with E-state index in [2.05, 4.69) is 22.1 Å². The molecule has 0 bridgehead atoms. The number of hydrogen-bond donors (Lipinski definition) is 1. The third-order valence-corrected chi connectivity index (χ3v) is 6.11. The molecule has 1 amide bonds. The summed E-state index contributed by atoms with van der Waals surface area (Å²) in [5.41, 5.74) is 0.947. The maximum absolute atomic E-state index is 12.5. The van der Waals surface area contributed by atoms with E-state index in [1.54, 1.807) is 12.1 Å². The molecule has 0 spiro atoms. The lowest BCUT2D eigenvalue weighted by Gasteiger charge is -2.26. The molecule has 0 saturated carbocycles. The third kappa shape index (κ3) is 5.08. The highest BCUT2D eigenvalue weighted by Crippen LogP contribution is 2.36. The number of amides is 1. The van der Waals surface area contributed by atoms with Crippen LogP contribution >= 0.6 is 23.4 Å². The van der Waals surface area contributed by atoms with Crippen LogP contribution in [0.25, 0.3) is 0 Å². The first kappa shape index (κ1) is 22.2. The summed E-state index contributed by atoms with van der Waals surface area (Å²) in [6, 6.07) is 14.8. The fourth-order valence-corrected chi connectivity index (χ4v) is 4.33. The number of nitrogens with zero attached hydrogens (tertiary/aromatic N) is 3. The molecule has 9 heteroatoms. The first-order valence-corrected chi connectivity index (χ1v) is 11.5. The minimum Gasteiger partial charge on any atom is -0.485 e. The Kier molecular flexibility index (Phi) is 7.02. The standard InChI is InChI=1S/C23H23ClN4O3S/c1-3-11-28-22(20-13-30-18-9-4-5-10-19(18)31-20)26-27-23(28)32-14-21(29)25-15(2)16-7-6-8-17(24)12-16/h3-10,12,15,20H,1,11,13-14H2,2H3,(H,25,29)/t15-,20+/m0/s1. The molecule has 0 unspecified atom stereocenters. The molecule has 0 saturated heterocycles. The number of halogens is 1. The van der Waals surface area contributed by atoms with Gasteiger partial charge in [-0.15, -0.1) is 16.8 Å². The number of fused-ring (bicyclic) bond motifs is 1. The second-order valence-electron chi connectivity index (χ2n) is 7.24. The molecule has 1 aromatic heterocycles. The van der Waals surface area contributed by atoms with Crippen molar-refractivity contribution in [2.75, 3.05) is 12.4 Å². The highest BCUT2D eigenvalue weighted by molar-refractivity contribution is 7.99. The minimum absolute atomic E-state index is 0.108. The smallest absolute Gasteiger partial charge is 0.230 e. The zero-order chi connectivity index (χ0) is 22.5. The maximum Gasteiger partial charge on any atom is 0.230 e. The number of ether oxygens (including phenoxy) is 2. The molecule has 32 heavy (non-hydrogen) atoms. The van der Waals surface area contributed by atoms with Gasteiger partial charge in [-0.3, -0.25) is 9.36 Å². The van der Waals surface area contributed by atoms with Crippen LogP contribution in [0, 0.1) is 0 Å². The number of carbonyl (C=O) groups excluding carboxylic acids is 1. The van der Waals surface area contributed by atoms with Crippen molar-refractivity contribution in [3.05, 3.63) is 77.6 Å². The maximum atomic E-state index is 12.5. The van der Waals surface area contributed by atoms with Gasteiger partial charge in [0.25, 0.3) is 0 Å².